The molecule has 0 bridgehead atoms. The SMILES string of the molecule is O=P1(c2ccccc2)C2=C(C=C(c3ccc(-c4ccc(-c5ccccc5)cc4)cc3)CC2)C2(c3ccccc3-n3c4ccccc4c4cccc2c43)c2ccccc21. The first-order chi connectivity index (χ1) is 28.7. The Labute approximate surface area is 338 Å². The van der Waals surface area contributed by atoms with Gasteiger partial charge in [-0.3, -0.25) is 0 Å². The number of rotatable bonds is 4. The van der Waals surface area contributed by atoms with Gasteiger partial charge in [0.2, 0.25) is 0 Å². The van der Waals surface area contributed by atoms with E-state index in [1.807, 2.05) is 18.2 Å². The number of benzene rings is 8. The van der Waals surface area contributed by atoms with Crippen LogP contribution < -0.4 is 10.6 Å². The van der Waals surface area contributed by atoms with Gasteiger partial charge in [0.15, 0.2) is 7.14 Å². The molecule has 0 fully saturated rings. The van der Waals surface area contributed by atoms with E-state index >= 15 is 4.57 Å². The van der Waals surface area contributed by atoms with Gasteiger partial charge in [-0.05, 0) is 80.6 Å². The van der Waals surface area contributed by atoms with E-state index in [0.29, 0.717) is 6.42 Å². The van der Waals surface area contributed by atoms with Crippen LogP contribution in [0.2, 0.25) is 0 Å². The molecule has 12 rings (SSSR count). The fourth-order valence-electron chi connectivity index (χ4n) is 10.5. The van der Waals surface area contributed by atoms with Crippen molar-refractivity contribution in [1.29, 1.82) is 0 Å². The molecule has 3 aliphatic rings. The molecular formula is C55H38NOP. The van der Waals surface area contributed by atoms with Crippen LogP contribution in [-0.2, 0) is 9.98 Å². The van der Waals surface area contributed by atoms with Crippen molar-refractivity contribution in [3.05, 3.63) is 239 Å². The van der Waals surface area contributed by atoms with Gasteiger partial charge in [0, 0.05) is 26.7 Å². The minimum atomic E-state index is -3.24. The second-order valence-electron chi connectivity index (χ2n) is 15.8. The minimum Gasteiger partial charge on any atom is -0.309 e. The van der Waals surface area contributed by atoms with Crippen molar-refractivity contribution < 1.29 is 4.57 Å². The lowest BCUT2D eigenvalue weighted by molar-refractivity contribution is 0.585. The molecule has 0 amide bonds. The van der Waals surface area contributed by atoms with Gasteiger partial charge >= 0.3 is 0 Å². The quantitative estimate of drug-likeness (QED) is 0.164. The highest BCUT2D eigenvalue weighted by molar-refractivity contribution is 7.82. The Balaban J connectivity index is 1.11. The van der Waals surface area contributed by atoms with E-state index in [2.05, 4.69) is 193 Å². The Hall–Kier alpha value is -6.73. The zero-order valence-electron chi connectivity index (χ0n) is 31.8. The number of aromatic nitrogens is 1. The van der Waals surface area contributed by atoms with Crippen LogP contribution in [0.4, 0.5) is 0 Å². The standard InChI is InChI=1S/C55H38NOP/c57-58(43-16-5-2-6-17-43)52-25-12-9-21-47(52)55(46-20-8-11-24-51(46)56-50-23-10-7-18-44(50)45-19-13-22-48(55)54(45)56)49-36-42(34-35-53(49)58)41-32-30-40(31-33-41)39-28-26-38(27-29-39)37-14-3-1-4-15-37/h1-33,36H,34-35H2. The van der Waals surface area contributed by atoms with Crippen LogP contribution in [0, 0.1) is 0 Å². The summed E-state index contributed by atoms with van der Waals surface area (Å²) >= 11 is 0. The lowest BCUT2D eigenvalue weighted by atomic mass is 9.61. The first-order valence-corrected chi connectivity index (χ1v) is 22.0. The first-order valence-electron chi connectivity index (χ1n) is 20.2. The van der Waals surface area contributed by atoms with Crippen molar-refractivity contribution in [3.8, 4) is 27.9 Å². The zero-order valence-corrected chi connectivity index (χ0v) is 32.7. The summed E-state index contributed by atoms with van der Waals surface area (Å²) in [5.41, 5.74) is 15.0. The molecule has 2 atom stereocenters. The van der Waals surface area contributed by atoms with Crippen LogP contribution in [0.5, 0.6) is 0 Å². The summed E-state index contributed by atoms with van der Waals surface area (Å²) in [6, 6.07) is 72.0. The Morgan fingerprint density at radius 2 is 1.00 bits per heavy atom. The van der Waals surface area contributed by atoms with E-state index in [9.17, 15) is 0 Å². The lowest BCUT2D eigenvalue weighted by Crippen LogP contribution is -2.44. The summed E-state index contributed by atoms with van der Waals surface area (Å²) in [5, 5.41) is 5.42. The van der Waals surface area contributed by atoms with E-state index in [0.717, 1.165) is 33.5 Å². The molecule has 2 nitrogen and oxygen atoms in total. The van der Waals surface area contributed by atoms with Crippen LogP contribution in [0.15, 0.2) is 217 Å². The smallest absolute Gasteiger partial charge is 0.167 e. The van der Waals surface area contributed by atoms with Crippen molar-refractivity contribution in [3.63, 3.8) is 0 Å². The zero-order chi connectivity index (χ0) is 38.4. The summed E-state index contributed by atoms with van der Waals surface area (Å²) in [6.07, 6.45) is 3.97. The first kappa shape index (κ1) is 33.4. The van der Waals surface area contributed by atoms with Gasteiger partial charge in [0.25, 0.3) is 0 Å². The molecule has 2 unspecified atom stereocenters. The van der Waals surface area contributed by atoms with Gasteiger partial charge in [-0.1, -0.05) is 194 Å². The predicted octanol–water partition coefficient (Wildman–Crippen LogP) is 13.2. The van der Waals surface area contributed by atoms with Gasteiger partial charge in [0.05, 0.1) is 22.1 Å². The summed E-state index contributed by atoms with van der Waals surface area (Å²) in [6.45, 7) is 0. The van der Waals surface area contributed by atoms with E-state index < -0.39 is 12.6 Å². The van der Waals surface area contributed by atoms with Crippen LogP contribution in [0.25, 0.3) is 55.3 Å². The van der Waals surface area contributed by atoms with E-state index in [1.54, 1.807) is 0 Å². The van der Waals surface area contributed by atoms with Crippen molar-refractivity contribution in [2.24, 2.45) is 0 Å². The second kappa shape index (κ2) is 12.6. The molecule has 2 aliphatic heterocycles. The highest BCUT2D eigenvalue weighted by Crippen LogP contribution is 2.68. The van der Waals surface area contributed by atoms with E-state index in [4.69, 9.17) is 0 Å². The van der Waals surface area contributed by atoms with Crippen LogP contribution in [0.3, 0.4) is 0 Å². The maximum absolute atomic E-state index is 16.5. The molecule has 8 aromatic carbocycles. The highest BCUT2D eigenvalue weighted by Gasteiger charge is 2.55. The monoisotopic (exact) mass is 759 g/mol. The van der Waals surface area contributed by atoms with Crippen molar-refractivity contribution in [1.82, 2.24) is 4.57 Å². The van der Waals surface area contributed by atoms with Crippen LogP contribution in [-0.4, -0.2) is 4.57 Å². The minimum absolute atomic E-state index is 0.693. The number of nitrogens with zero attached hydrogens (tertiary/aromatic N) is 1. The second-order valence-corrected chi connectivity index (χ2v) is 18.6. The fraction of sp³-hybridized carbons (Fsp3) is 0.0545. The average Bonchev–Trinajstić information content (AvgIpc) is 3.65. The number of allylic oxidation sites excluding steroid dienone is 4. The molecule has 1 spiro atoms. The number of fused-ring (bicyclic) bond motifs is 10. The third-order valence-corrected chi connectivity index (χ3v) is 16.4. The van der Waals surface area contributed by atoms with Crippen molar-refractivity contribution in [2.45, 2.75) is 18.3 Å². The molecule has 1 aliphatic carbocycles. The summed E-state index contributed by atoms with van der Waals surface area (Å²) < 4.78 is 18.9. The molecule has 1 aromatic heterocycles. The third kappa shape index (κ3) is 4.53. The number of hydrogen-bond acceptors (Lipinski definition) is 1. The van der Waals surface area contributed by atoms with Crippen molar-refractivity contribution >= 4 is 45.1 Å². The maximum atomic E-state index is 16.5. The summed E-state index contributed by atoms with van der Waals surface area (Å²) in [7, 11) is -3.24. The molecule has 274 valence electrons. The third-order valence-electron chi connectivity index (χ3n) is 13.0. The summed E-state index contributed by atoms with van der Waals surface area (Å²) in [5.74, 6) is 0. The van der Waals surface area contributed by atoms with E-state index in [-0.39, 0.29) is 0 Å². The average molecular weight is 760 g/mol. The van der Waals surface area contributed by atoms with Crippen molar-refractivity contribution in [2.75, 3.05) is 0 Å². The van der Waals surface area contributed by atoms with Crippen LogP contribution >= 0.6 is 7.14 Å². The highest BCUT2D eigenvalue weighted by atomic mass is 31.2. The largest absolute Gasteiger partial charge is 0.309 e. The molecule has 9 aromatic rings. The molecule has 0 saturated heterocycles. The normalized spacial score (nSPS) is 19.1. The van der Waals surface area contributed by atoms with Gasteiger partial charge in [0.1, 0.15) is 0 Å². The maximum Gasteiger partial charge on any atom is 0.167 e. The molecule has 0 N–H and O–H groups in total. The van der Waals surface area contributed by atoms with E-state index in [1.165, 1.54) is 72.0 Å². The number of hydrogen-bond donors (Lipinski definition) is 0. The molecule has 0 radical (unpaired) electrons. The number of para-hydroxylation sites is 3. The molecule has 0 saturated carbocycles. The molecule has 3 heteroatoms. The van der Waals surface area contributed by atoms with Gasteiger partial charge in [-0.25, -0.2) is 0 Å². The fourth-order valence-corrected chi connectivity index (χ4v) is 13.9. The van der Waals surface area contributed by atoms with Gasteiger partial charge < -0.3 is 9.13 Å². The van der Waals surface area contributed by atoms with Gasteiger partial charge in [-0.2, -0.15) is 0 Å². The Morgan fingerprint density at radius 1 is 0.448 bits per heavy atom. The molecule has 58 heavy (non-hydrogen) atoms. The Kier molecular flexibility index (Phi) is 7.28. The lowest BCUT2D eigenvalue weighted by Gasteiger charge is -2.49. The van der Waals surface area contributed by atoms with Crippen LogP contribution in [0.1, 0.15) is 35.1 Å². The topological polar surface area (TPSA) is 22.0 Å². The molecular weight excluding hydrogens is 722 g/mol. The predicted molar refractivity (Wildman–Crippen MR) is 242 cm³/mol. The Bertz CT molecular complexity index is 3230. The Morgan fingerprint density at radius 3 is 1.74 bits per heavy atom. The molecule has 3 heterocycles. The van der Waals surface area contributed by atoms with Gasteiger partial charge in [-0.15, -0.1) is 0 Å². The summed E-state index contributed by atoms with van der Waals surface area (Å²) in [4.78, 5) is 0.